The normalized spacial score (nSPS) is 9.96. The van der Waals surface area contributed by atoms with Crippen LogP contribution in [0.3, 0.4) is 0 Å². The summed E-state index contributed by atoms with van der Waals surface area (Å²) in [4.78, 5) is 14.1. The summed E-state index contributed by atoms with van der Waals surface area (Å²) in [5, 5.41) is 0. The molecule has 24 heavy (non-hydrogen) atoms. The van der Waals surface area contributed by atoms with Crippen LogP contribution < -0.4 is 10.5 Å². The summed E-state index contributed by atoms with van der Waals surface area (Å²) < 4.78 is 5.15. The SMILES string of the molecule is COc1ccc(CCCN(C)C(=O)c2ccc(CN)cc2)cc1.Cl. The van der Waals surface area contributed by atoms with E-state index in [-0.39, 0.29) is 18.3 Å². The highest BCUT2D eigenvalue weighted by Gasteiger charge is 2.11. The van der Waals surface area contributed by atoms with E-state index in [1.807, 2.05) is 43.4 Å². The highest BCUT2D eigenvalue weighted by atomic mass is 35.5. The van der Waals surface area contributed by atoms with Gasteiger partial charge in [0.1, 0.15) is 5.75 Å². The third-order valence-corrected chi connectivity index (χ3v) is 3.90. The average molecular weight is 349 g/mol. The number of methoxy groups -OCH3 is 1. The standard InChI is InChI=1S/C19H24N2O2.ClH/c1-21(19(22)17-9-5-16(14-20)6-10-17)13-3-4-15-7-11-18(23-2)12-8-15;/h5-12H,3-4,13-14,20H2,1-2H3;1H. The first kappa shape index (κ1) is 20.0. The van der Waals surface area contributed by atoms with Gasteiger partial charge < -0.3 is 15.4 Å². The first-order chi connectivity index (χ1) is 11.1. The van der Waals surface area contributed by atoms with Gasteiger partial charge in [0, 0.05) is 25.7 Å². The maximum Gasteiger partial charge on any atom is 0.253 e. The topological polar surface area (TPSA) is 55.6 Å². The van der Waals surface area contributed by atoms with Gasteiger partial charge in [-0.2, -0.15) is 0 Å². The van der Waals surface area contributed by atoms with E-state index in [9.17, 15) is 4.79 Å². The Hall–Kier alpha value is -2.04. The molecule has 0 saturated carbocycles. The van der Waals surface area contributed by atoms with Gasteiger partial charge >= 0.3 is 0 Å². The molecule has 0 aliphatic rings. The molecule has 0 fully saturated rings. The van der Waals surface area contributed by atoms with Gasteiger partial charge in [-0.1, -0.05) is 24.3 Å². The second-order valence-corrected chi connectivity index (χ2v) is 5.58. The molecule has 0 atom stereocenters. The van der Waals surface area contributed by atoms with Crippen molar-refractivity contribution in [3.8, 4) is 5.75 Å². The van der Waals surface area contributed by atoms with Crippen molar-refractivity contribution in [3.63, 3.8) is 0 Å². The molecule has 0 aliphatic carbocycles. The van der Waals surface area contributed by atoms with Gasteiger partial charge in [0.05, 0.1) is 7.11 Å². The minimum absolute atomic E-state index is 0. The number of amides is 1. The molecule has 2 rings (SSSR count). The fourth-order valence-corrected chi connectivity index (χ4v) is 2.42. The van der Waals surface area contributed by atoms with Gasteiger partial charge in [-0.3, -0.25) is 4.79 Å². The Kier molecular flexibility index (Phi) is 8.30. The van der Waals surface area contributed by atoms with Gasteiger partial charge in [0.25, 0.3) is 5.91 Å². The number of nitrogens with zero attached hydrogens (tertiary/aromatic N) is 1. The molecule has 0 spiro atoms. The van der Waals surface area contributed by atoms with Crippen LogP contribution in [0.4, 0.5) is 0 Å². The lowest BCUT2D eigenvalue weighted by Crippen LogP contribution is -2.28. The smallest absolute Gasteiger partial charge is 0.253 e. The van der Waals surface area contributed by atoms with Crippen LogP contribution >= 0.6 is 12.4 Å². The van der Waals surface area contributed by atoms with Gasteiger partial charge in [0.15, 0.2) is 0 Å². The highest BCUT2D eigenvalue weighted by molar-refractivity contribution is 5.94. The highest BCUT2D eigenvalue weighted by Crippen LogP contribution is 2.13. The Morgan fingerprint density at radius 1 is 1.04 bits per heavy atom. The van der Waals surface area contributed by atoms with Crippen LogP contribution in [-0.2, 0) is 13.0 Å². The Bertz CT molecular complexity index is 627. The largest absolute Gasteiger partial charge is 0.497 e. The molecule has 2 N–H and O–H groups in total. The van der Waals surface area contributed by atoms with E-state index in [1.165, 1.54) is 5.56 Å². The predicted molar refractivity (Wildman–Crippen MR) is 99.9 cm³/mol. The maximum atomic E-state index is 12.3. The van der Waals surface area contributed by atoms with Crippen molar-refractivity contribution in [2.45, 2.75) is 19.4 Å². The molecule has 0 aliphatic heterocycles. The lowest BCUT2D eigenvalue weighted by molar-refractivity contribution is 0.0793. The van der Waals surface area contributed by atoms with Crippen LogP contribution in [0.1, 0.15) is 27.9 Å². The fraction of sp³-hybridized carbons (Fsp3) is 0.316. The Morgan fingerprint density at radius 3 is 2.17 bits per heavy atom. The number of halogens is 1. The molecule has 4 nitrogen and oxygen atoms in total. The van der Waals surface area contributed by atoms with Crippen LogP contribution in [0, 0.1) is 0 Å². The van der Waals surface area contributed by atoms with E-state index in [1.54, 1.807) is 12.0 Å². The second-order valence-electron chi connectivity index (χ2n) is 5.58. The van der Waals surface area contributed by atoms with Crippen LogP contribution in [0.25, 0.3) is 0 Å². The van der Waals surface area contributed by atoms with E-state index in [2.05, 4.69) is 12.1 Å². The summed E-state index contributed by atoms with van der Waals surface area (Å²) in [6.07, 6.45) is 1.86. The number of carbonyl (C=O) groups excluding carboxylic acids is 1. The Morgan fingerprint density at radius 2 is 1.62 bits per heavy atom. The molecule has 0 aromatic heterocycles. The van der Waals surface area contributed by atoms with Crippen molar-refractivity contribution >= 4 is 18.3 Å². The van der Waals surface area contributed by atoms with Crippen LogP contribution in [0.15, 0.2) is 48.5 Å². The van der Waals surface area contributed by atoms with Crippen molar-refractivity contribution in [1.82, 2.24) is 4.90 Å². The molecular weight excluding hydrogens is 324 g/mol. The van der Waals surface area contributed by atoms with E-state index >= 15 is 0 Å². The lowest BCUT2D eigenvalue weighted by atomic mass is 10.1. The van der Waals surface area contributed by atoms with Crippen molar-refractivity contribution in [3.05, 3.63) is 65.2 Å². The molecule has 0 unspecified atom stereocenters. The molecule has 1 amide bonds. The zero-order chi connectivity index (χ0) is 16.7. The number of aryl methyl sites for hydroxylation is 1. The van der Waals surface area contributed by atoms with Crippen LogP contribution in [-0.4, -0.2) is 31.5 Å². The second kappa shape index (κ2) is 9.96. The van der Waals surface area contributed by atoms with E-state index < -0.39 is 0 Å². The molecule has 2 aromatic carbocycles. The third-order valence-electron chi connectivity index (χ3n) is 3.90. The zero-order valence-corrected chi connectivity index (χ0v) is 15.0. The molecular formula is C19H25ClN2O2. The first-order valence-corrected chi connectivity index (χ1v) is 7.81. The fourth-order valence-electron chi connectivity index (χ4n) is 2.42. The summed E-state index contributed by atoms with van der Waals surface area (Å²) in [6.45, 7) is 1.22. The molecule has 0 heterocycles. The summed E-state index contributed by atoms with van der Waals surface area (Å²) in [5.74, 6) is 0.908. The van der Waals surface area contributed by atoms with E-state index in [0.29, 0.717) is 12.1 Å². The van der Waals surface area contributed by atoms with E-state index in [4.69, 9.17) is 10.5 Å². The number of hydrogen-bond donors (Lipinski definition) is 1. The lowest BCUT2D eigenvalue weighted by Gasteiger charge is -2.17. The summed E-state index contributed by atoms with van der Waals surface area (Å²) in [5.41, 5.74) is 8.55. The zero-order valence-electron chi connectivity index (χ0n) is 14.2. The van der Waals surface area contributed by atoms with Crippen LogP contribution in [0.5, 0.6) is 5.75 Å². The summed E-state index contributed by atoms with van der Waals surface area (Å²) in [7, 11) is 3.50. The third kappa shape index (κ3) is 5.55. The average Bonchev–Trinajstić information content (AvgIpc) is 2.61. The van der Waals surface area contributed by atoms with Crippen LogP contribution in [0.2, 0.25) is 0 Å². The Balaban J connectivity index is 0.00000288. The molecule has 2 aromatic rings. The van der Waals surface area contributed by atoms with Crippen molar-refractivity contribution < 1.29 is 9.53 Å². The minimum Gasteiger partial charge on any atom is -0.497 e. The molecule has 130 valence electrons. The molecule has 5 heteroatoms. The molecule has 0 radical (unpaired) electrons. The van der Waals surface area contributed by atoms with Crippen molar-refractivity contribution in [2.75, 3.05) is 20.7 Å². The first-order valence-electron chi connectivity index (χ1n) is 7.81. The summed E-state index contributed by atoms with van der Waals surface area (Å²) in [6, 6.07) is 15.5. The van der Waals surface area contributed by atoms with Gasteiger partial charge in [0.2, 0.25) is 0 Å². The number of rotatable bonds is 7. The maximum absolute atomic E-state index is 12.3. The van der Waals surface area contributed by atoms with E-state index in [0.717, 1.165) is 30.7 Å². The van der Waals surface area contributed by atoms with Gasteiger partial charge in [-0.15, -0.1) is 12.4 Å². The quantitative estimate of drug-likeness (QED) is 0.835. The molecule has 0 saturated heterocycles. The minimum atomic E-state index is 0. The number of carbonyl (C=O) groups is 1. The number of hydrogen-bond acceptors (Lipinski definition) is 3. The summed E-state index contributed by atoms with van der Waals surface area (Å²) >= 11 is 0. The van der Waals surface area contributed by atoms with Crippen molar-refractivity contribution in [2.24, 2.45) is 5.73 Å². The number of ether oxygens (including phenoxy) is 1. The predicted octanol–water partition coefficient (Wildman–Crippen LogP) is 3.28. The Labute approximate surface area is 150 Å². The van der Waals surface area contributed by atoms with Gasteiger partial charge in [-0.05, 0) is 48.2 Å². The number of benzene rings is 2. The monoisotopic (exact) mass is 348 g/mol. The van der Waals surface area contributed by atoms with Crippen molar-refractivity contribution in [1.29, 1.82) is 0 Å². The van der Waals surface area contributed by atoms with Gasteiger partial charge in [-0.25, -0.2) is 0 Å². The number of nitrogens with two attached hydrogens (primary N) is 1. The molecule has 0 bridgehead atoms.